The van der Waals surface area contributed by atoms with Crippen LogP contribution in [0.1, 0.15) is 45.4 Å². The Morgan fingerprint density at radius 1 is 1.21 bits per heavy atom. The van der Waals surface area contributed by atoms with E-state index in [-0.39, 0.29) is 11.2 Å². The Labute approximate surface area is 195 Å². The lowest BCUT2D eigenvalue weighted by atomic mass is 9.90. The summed E-state index contributed by atoms with van der Waals surface area (Å²) in [4.78, 5) is 4.29. The molecule has 6 nitrogen and oxygen atoms in total. The summed E-state index contributed by atoms with van der Waals surface area (Å²) in [7, 11) is 1.73. The molecule has 3 N–H and O–H groups in total. The van der Waals surface area contributed by atoms with Crippen molar-refractivity contribution in [2.75, 3.05) is 30.9 Å². The number of rotatable bonds is 10. The summed E-state index contributed by atoms with van der Waals surface area (Å²) in [5.41, 5.74) is 1.99. The van der Waals surface area contributed by atoms with Crippen LogP contribution in [0.25, 0.3) is 11.1 Å². The van der Waals surface area contributed by atoms with Crippen LogP contribution in [0.5, 0.6) is 0 Å². The first-order chi connectivity index (χ1) is 16.0. The Balaban J connectivity index is 1.37. The molecular formula is C26H34FN5O. The molecule has 2 saturated carbocycles. The SMILES string of the molecule is COC[C@H](C)NC1CCC(Nc2cc(-c3cccc(NCC4(C#N)CC4)c3)c(F)cn2)CC1. The maximum atomic E-state index is 14.7. The Bertz CT molecular complexity index is 979. The number of aromatic nitrogens is 1. The number of hydrogen-bond acceptors (Lipinski definition) is 6. The number of hydrogen-bond donors (Lipinski definition) is 3. The van der Waals surface area contributed by atoms with Crippen molar-refractivity contribution in [3.8, 4) is 17.2 Å². The molecule has 0 saturated heterocycles. The first kappa shape index (κ1) is 23.5. The van der Waals surface area contributed by atoms with Crippen molar-refractivity contribution in [1.82, 2.24) is 10.3 Å². The maximum Gasteiger partial charge on any atom is 0.149 e. The molecule has 2 aromatic rings. The minimum Gasteiger partial charge on any atom is -0.383 e. The zero-order valence-electron chi connectivity index (χ0n) is 19.5. The molecule has 0 unspecified atom stereocenters. The predicted octanol–water partition coefficient (Wildman–Crippen LogP) is 4.95. The molecule has 1 heterocycles. The van der Waals surface area contributed by atoms with Gasteiger partial charge in [-0.05, 0) is 69.2 Å². The third-order valence-electron chi connectivity index (χ3n) is 6.77. The third kappa shape index (κ3) is 6.21. The average Bonchev–Trinajstić information content (AvgIpc) is 3.61. The molecule has 0 bridgehead atoms. The molecule has 4 rings (SSSR count). The zero-order valence-corrected chi connectivity index (χ0v) is 19.5. The van der Waals surface area contributed by atoms with E-state index >= 15 is 0 Å². The van der Waals surface area contributed by atoms with Crippen LogP contribution in [0, 0.1) is 22.6 Å². The normalized spacial score (nSPS) is 22.2. The molecular weight excluding hydrogens is 417 g/mol. The molecule has 1 aromatic carbocycles. The second-order valence-corrected chi connectivity index (χ2v) is 9.59. The van der Waals surface area contributed by atoms with Crippen LogP contribution in [0.4, 0.5) is 15.9 Å². The van der Waals surface area contributed by atoms with Gasteiger partial charge in [0.2, 0.25) is 0 Å². The number of ether oxygens (including phenoxy) is 1. The van der Waals surface area contributed by atoms with Gasteiger partial charge in [0.15, 0.2) is 0 Å². The lowest BCUT2D eigenvalue weighted by Crippen LogP contribution is -2.42. The minimum absolute atomic E-state index is 0.231. The summed E-state index contributed by atoms with van der Waals surface area (Å²) in [6.45, 7) is 3.49. The van der Waals surface area contributed by atoms with E-state index in [4.69, 9.17) is 4.74 Å². The number of nitrogens with one attached hydrogen (secondary N) is 3. The molecule has 0 radical (unpaired) electrons. The number of anilines is 2. The average molecular weight is 452 g/mol. The van der Waals surface area contributed by atoms with E-state index in [1.165, 1.54) is 6.20 Å². The highest BCUT2D eigenvalue weighted by Crippen LogP contribution is 2.44. The van der Waals surface area contributed by atoms with Crippen molar-refractivity contribution in [3.05, 3.63) is 42.3 Å². The fraction of sp³-hybridized carbons (Fsp3) is 0.538. The van der Waals surface area contributed by atoms with Crippen LogP contribution in [0.15, 0.2) is 36.5 Å². The number of methoxy groups -OCH3 is 1. The van der Waals surface area contributed by atoms with Gasteiger partial charge in [-0.1, -0.05) is 12.1 Å². The van der Waals surface area contributed by atoms with Crippen molar-refractivity contribution in [3.63, 3.8) is 0 Å². The number of nitriles is 1. The van der Waals surface area contributed by atoms with E-state index in [0.29, 0.717) is 36.1 Å². The molecule has 0 aliphatic heterocycles. The molecule has 2 aliphatic rings. The first-order valence-corrected chi connectivity index (χ1v) is 11.9. The van der Waals surface area contributed by atoms with Gasteiger partial charge in [-0.3, -0.25) is 0 Å². The quantitative estimate of drug-likeness (QED) is 0.474. The van der Waals surface area contributed by atoms with E-state index in [1.54, 1.807) is 13.2 Å². The Kier molecular flexibility index (Phi) is 7.46. The van der Waals surface area contributed by atoms with Crippen LogP contribution >= 0.6 is 0 Å². The van der Waals surface area contributed by atoms with Gasteiger partial charge in [0.1, 0.15) is 11.6 Å². The fourth-order valence-electron chi connectivity index (χ4n) is 4.60. The van der Waals surface area contributed by atoms with E-state index in [2.05, 4.69) is 33.9 Å². The third-order valence-corrected chi connectivity index (χ3v) is 6.77. The highest BCUT2D eigenvalue weighted by Gasteiger charge is 2.42. The molecule has 2 aliphatic carbocycles. The monoisotopic (exact) mass is 451 g/mol. The van der Waals surface area contributed by atoms with E-state index < -0.39 is 0 Å². The summed E-state index contributed by atoms with van der Waals surface area (Å²) in [5, 5.41) is 19.8. The van der Waals surface area contributed by atoms with E-state index in [1.807, 2.05) is 24.3 Å². The Morgan fingerprint density at radius 3 is 2.67 bits per heavy atom. The van der Waals surface area contributed by atoms with Gasteiger partial charge in [0.05, 0.1) is 24.3 Å². The van der Waals surface area contributed by atoms with Gasteiger partial charge in [-0.25, -0.2) is 9.37 Å². The fourth-order valence-corrected chi connectivity index (χ4v) is 4.60. The molecule has 33 heavy (non-hydrogen) atoms. The van der Waals surface area contributed by atoms with Gasteiger partial charge in [-0.15, -0.1) is 0 Å². The van der Waals surface area contributed by atoms with Crippen molar-refractivity contribution >= 4 is 11.5 Å². The van der Waals surface area contributed by atoms with Crippen LogP contribution in [0.3, 0.4) is 0 Å². The second kappa shape index (κ2) is 10.5. The topological polar surface area (TPSA) is 82.0 Å². The summed E-state index contributed by atoms with van der Waals surface area (Å²) in [5.74, 6) is 0.365. The van der Waals surface area contributed by atoms with Gasteiger partial charge in [-0.2, -0.15) is 5.26 Å². The Hall–Kier alpha value is -2.69. The molecule has 176 valence electrons. The number of pyridine rings is 1. The molecule has 1 aromatic heterocycles. The van der Waals surface area contributed by atoms with E-state index in [9.17, 15) is 9.65 Å². The molecule has 1 atom stereocenters. The van der Waals surface area contributed by atoms with Crippen LogP contribution in [0.2, 0.25) is 0 Å². The lowest BCUT2D eigenvalue weighted by molar-refractivity contribution is 0.161. The van der Waals surface area contributed by atoms with Crippen LogP contribution < -0.4 is 16.0 Å². The Morgan fingerprint density at radius 2 is 1.97 bits per heavy atom. The van der Waals surface area contributed by atoms with Gasteiger partial charge >= 0.3 is 0 Å². The van der Waals surface area contributed by atoms with E-state index in [0.717, 1.165) is 56.4 Å². The predicted molar refractivity (Wildman–Crippen MR) is 130 cm³/mol. The molecule has 0 spiro atoms. The highest BCUT2D eigenvalue weighted by molar-refractivity contribution is 5.70. The molecule has 0 amide bonds. The second-order valence-electron chi connectivity index (χ2n) is 9.59. The summed E-state index contributed by atoms with van der Waals surface area (Å²) >= 11 is 0. The number of benzene rings is 1. The highest BCUT2D eigenvalue weighted by atomic mass is 19.1. The van der Waals surface area contributed by atoms with Crippen molar-refractivity contribution in [2.24, 2.45) is 5.41 Å². The van der Waals surface area contributed by atoms with Gasteiger partial charge in [0.25, 0.3) is 0 Å². The standard InChI is InChI=1S/C26H34FN5O/c1-18(15-33-2)31-20-6-8-21(9-7-20)32-25-13-23(24(27)14-29-25)19-4-3-5-22(12-19)30-17-26(16-28)10-11-26/h3-5,12-14,18,20-21,30-31H,6-11,15,17H2,1-2H3,(H,29,32)/t18-,20?,21?/m0/s1. The number of nitrogens with zero attached hydrogens (tertiary/aromatic N) is 2. The van der Waals surface area contributed by atoms with Crippen molar-refractivity contribution in [1.29, 1.82) is 5.26 Å². The van der Waals surface area contributed by atoms with Crippen LogP contribution in [-0.4, -0.2) is 43.4 Å². The van der Waals surface area contributed by atoms with Gasteiger partial charge in [0, 0.05) is 43.0 Å². The maximum absolute atomic E-state index is 14.7. The summed E-state index contributed by atoms with van der Waals surface area (Å²) in [6, 6.07) is 13.1. The van der Waals surface area contributed by atoms with Crippen molar-refractivity contribution in [2.45, 2.75) is 63.6 Å². The summed E-state index contributed by atoms with van der Waals surface area (Å²) < 4.78 is 19.9. The van der Waals surface area contributed by atoms with Gasteiger partial charge < -0.3 is 20.7 Å². The zero-order chi connectivity index (χ0) is 23.3. The smallest absolute Gasteiger partial charge is 0.149 e. The molecule has 2 fully saturated rings. The first-order valence-electron chi connectivity index (χ1n) is 11.9. The number of halogens is 1. The lowest BCUT2D eigenvalue weighted by Gasteiger charge is -2.31. The van der Waals surface area contributed by atoms with Crippen LogP contribution in [-0.2, 0) is 4.74 Å². The molecule has 7 heteroatoms. The summed E-state index contributed by atoms with van der Waals surface area (Å²) in [6.07, 6.45) is 7.46. The minimum atomic E-state index is -0.339. The largest absolute Gasteiger partial charge is 0.383 e. The van der Waals surface area contributed by atoms with Crippen molar-refractivity contribution < 1.29 is 9.13 Å².